The van der Waals surface area contributed by atoms with Gasteiger partial charge < -0.3 is 10.2 Å². The summed E-state index contributed by atoms with van der Waals surface area (Å²) < 4.78 is 0. The Morgan fingerprint density at radius 2 is 1.74 bits per heavy atom. The Labute approximate surface area is 206 Å². The molecule has 1 N–H and O–H groups in total. The van der Waals surface area contributed by atoms with Crippen molar-refractivity contribution < 1.29 is 9.59 Å². The molecule has 170 valence electrons. The zero-order chi connectivity index (χ0) is 23.7. The molecular weight excluding hydrogens is 464 g/mol. The fourth-order valence-corrected chi connectivity index (χ4v) is 6.13. The minimum absolute atomic E-state index is 0.0622. The van der Waals surface area contributed by atoms with E-state index in [-0.39, 0.29) is 11.8 Å². The second-order valence-corrected chi connectivity index (χ2v) is 9.88. The molecule has 3 aromatic rings. The third kappa shape index (κ3) is 4.47. The van der Waals surface area contributed by atoms with E-state index in [1.165, 1.54) is 18.7 Å². The fourth-order valence-electron chi connectivity index (χ4n) is 3.79. The lowest BCUT2D eigenvalue weighted by atomic mass is 10.2. The van der Waals surface area contributed by atoms with Gasteiger partial charge in [0.25, 0.3) is 5.91 Å². The highest BCUT2D eigenvalue weighted by atomic mass is 32.2. The summed E-state index contributed by atoms with van der Waals surface area (Å²) in [6.07, 6.45) is 0. The maximum atomic E-state index is 13.7. The van der Waals surface area contributed by atoms with Gasteiger partial charge in [0.2, 0.25) is 5.91 Å². The van der Waals surface area contributed by atoms with Gasteiger partial charge in [-0.2, -0.15) is 0 Å². The zero-order valence-electron chi connectivity index (χ0n) is 18.7. The molecular formula is C26H22N4O2S2. The molecule has 1 saturated heterocycles. The van der Waals surface area contributed by atoms with Crippen LogP contribution in [0.5, 0.6) is 0 Å². The molecule has 5 rings (SSSR count). The lowest BCUT2D eigenvalue weighted by Crippen LogP contribution is -2.29. The predicted octanol–water partition coefficient (Wildman–Crippen LogP) is 5.82. The van der Waals surface area contributed by atoms with E-state index in [0.717, 1.165) is 21.2 Å². The number of amidine groups is 1. The number of benzene rings is 3. The molecule has 1 fully saturated rings. The van der Waals surface area contributed by atoms with Gasteiger partial charge >= 0.3 is 0 Å². The van der Waals surface area contributed by atoms with Gasteiger partial charge in [0.15, 0.2) is 5.17 Å². The second-order valence-electron chi connectivity index (χ2n) is 7.87. The molecule has 0 aliphatic carbocycles. The normalized spacial score (nSPS) is 18.5. The van der Waals surface area contributed by atoms with Crippen LogP contribution in [-0.4, -0.2) is 28.9 Å². The lowest BCUT2D eigenvalue weighted by molar-refractivity contribution is -0.122. The molecule has 0 unspecified atom stereocenters. The molecule has 2 heterocycles. The van der Waals surface area contributed by atoms with Crippen LogP contribution in [0.2, 0.25) is 0 Å². The van der Waals surface area contributed by atoms with Gasteiger partial charge in [-0.1, -0.05) is 60.3 Å². The molecule has 8 heteroatoms. The Bertz CT molecular complexity index is 1340. The molecule has 3 aromatic carbocycles. The van der Waals surface area contributed by atoms with Crippen LogP contribution in [0.15, 0.2) is 98.7 Å². The first kappa shape index (κ1) is 22.3. The van der Waals surface area contributed by atoms with Crippen molar-refractivity contribution in [3.8, 4) is 0 Å². The fraction of sp³-hybridized carbons (Fsp3) is 0.115. The van der Waals surface area contributed by atoms with Crippen LogP contribution < -0.4 is 10.2 Å². The first-order valence-electron chi connectivity index (χ1n) is 10.7. The van der Waals surface area contributed by atoms with Gasteiger partial charge in [-0.25, -0.2) is 4.99 Å². The van der Waals surface area contributed by atoms with Crippen molar-refractivity contribution in [2.24, 2.45) is 4.99 Å². The van der Waals surface area contributed by atoms with Crippen LogP contribution in [0.4, 0.5) is 17.1 Å². The summed E-state index contributed by atoms with van der Waals surface area (Å²) in [5.41, 5.74) is 3.45. The zero-order valence-corrected chi connectivity index (χ0v) is 20.3. The van der Waals surface area contributed by atoms with Crippen molar-refractivity contribution in [2.45, 2.75) is 18.4 Å². The SMILES string of the molecule is CC(=O)Nc1cccc(N=C2SC(=C3Sc4ccccc4N3C)C(=O)N2Cc2ccccc2)c1. The number of amides is 2. The first-order chi connectivity index (χ1) is 16.5. The Hall–Kier alpha value is -3.49. The number of rotatable bonds is 4. The van der Waals surface area contributed by atoms with E-state index in [0.29, 0.717) is 28.0 Å². The van der Waals surface area contributed by atoms with Crippen molar-refractivity contribution in [3.05, 3.63) is 94.4 Å². The molecule has 6 nitrogen and oxygen atoms in total. The summed E-state index contributed by atoms with van der Waals surface area (Å²) in [6, 6.07) is 25.4. The molecule has 2 amide bonds. The van der Waals surface area contributed by atoms with Crippen molar-refractivity contribution in [2.75, 3.05) is 17.3 Å². The highest BCUT2D eigenvalue weighted by Crippen LogP contribution is 2.50. The van der Waals surface area contributed by atoms with Gasteiger partial charge in [0.05, 0.1) is 22.9 Å². The number of aliphatic imine (C=N–C) groups is 1. The number of carbonyl (C=O) groups excluding carboxylic acids is 2. The number of para-hydroxylation sites is 1. The smallest absolute Gasteiger partial charge is 0.269 e. The van der Waals surface area contributed by atoms with Crippen molar-refractivity contribution in [1.82, 2.24) is 4.90 Å². The van der Waals surface area contributed by atoms with Crippen LogP contribution >= 0.6 is 23.5 Å². The molecule has 0 spiro atoms. The van der Waals surface area contributed by atoms with Crippen molar-refractivity contribution in [3.63, 3.8) is 0 Å². The van der Waals surface area contributed by atoms with E-state index >= 15 is 0 Å². The number of fused-ring (bicyclic) bond motifs is 1. The Balaban J connectivity index is 1.54. The van der Waals surface area contributed by atoms with Crippen LogP contribution in [-0.2, 0) is 16.1 Å². The van der Waals surface area contributed by atoms with E-state index < -0.39 is 0 Å². The molecule has 0 bridgehead atoms. The number of hydrogen-bond donors (Lipinski definition) is 1. The average Bonchev–Trinajstić information content (AvgIpc) is 3.31. The second kappa shape index (κ2) is 9.40. The lowest BCUT2D eigenvalue weighted by Gasteiger charge is -2.17. The van der Waals surface area contributed by atoms with Gasteiger partial charge in [0, 0.05) is 24.6 Å². The average molecular weight is 487 g/mol. The molecule has 0 saturated carbocycles. The molecule has 0 radical (unpaired) electrons. The topological polar surface area (TPSA) is 65.0 Å². The van der Waals surface area contributed by atoms with Crippen LogP contribution in [0.25, 0.3) is 0 Å². The Kier molecular flexibility index (Phi) is 6.17. The minimum Gasteiger partial charge on any atom is -0.337 e. The number of nitrogens with one attached hydrogen (secondary N) is 1. The predicted molar refractivity (Wildman–Crippen MR) is 140 cm³/mol. The third-order valence-corrected chi connectivity index (χ3v) is 7.80. The number of anilines is 2. The van der Waals surface area contributed by atoms with Gasteiger partial charge in [0.1, 0.15) is 4.91 Å². The van der Waals surface area contributed by atoms with E-state index in [4.69, 9.17) is 4.99 Å². The number of thioether (sulfide) groups is 2. The monoisotopic (exact) mass is 486 g/mol. The van der Waals surface area contributed by atoms with Crippen LogP contribution in [0.1, 0.15) is 12.5 Å². The van der Waals surface area contributed by atoms with Gasteiger partial charge in [-0.05, 0) is 47.7 Å². The third-order valence-electron chi connectivity index (χ3n) is 5.37. The number of hydrogen-bond acceptors (Lipinski definition) is 6. The number of carbonyl (C=O) groups is 2. The van der Waals surface area contributed by atoms with E-state index in [1.807, 2.05) is 67.7 Å². The molecule has 2 aliphatic heterocycles. The summed E-state index contributed by atoms with van der Waals surface area (Å²) in [4.78, 5) is 35.6. The van der Waals surface area contributed by atoms with Crippen molar-refractivity contribution >= 4 is 57.6 Å². The highest BCUT2D eigenvalue weighted by Gasteiger charge is 2.39. The summed E-state index contributed by atoms with van der Waals surface area (Å²) >= 11 is 2.99. The Morgan fingerprint density at radius 3 is 2.50 bits per heavy atom. The summed E-state index contributed by atoms with van der Waals surface area (Å²) in [7, 11) is 1.99. The highest BCUT2D eigenvalue weighted by molar-refractivity contribution is 8.19. The summed E-state index contributed by atoms with van der Waals surface area (Å²) in [5.74, 6) is -0.207. The maximum absolute atomic E-state index is 13.7. The number of nitrogens with zero attached hydrogens (tertiary/aromatic N) is 3. The van der Waals surface area contributed by atoms with E-state index in [9.17, 15) is 9.59 Å². The quantitative estimate of drug-likeness (QED) is 0.471. The minimum atomic E-state index is -0.145. The van der Waals surface area contributed by atoms with E-state index in [2.05, 4.69) is 22.3 Å². The van der Waals surface area contributed by atoms with Crippen LogP contribution in [0.3, 0.4) is 0 Å². The standard InChI is InChI=1S/C26H22N4O2S2/c1-17(31)27-19-11-8-12-20(15-19)28-26-30(16-18-9-4-3-5-10-18)24(32)23(34-26)25-29(2)21-13-6-7-14-22(21)33-25/h3-15H,16H2,1-2H3,(H,27,31). The van der Waals surface area contributed by atoms with Gasteiger partial charge in [-0.15, -0.1) is 0 Å². The summed E-state index contributed by atoms with van der Waals surface area (Å²) in [6.45, 7) is 1.90. The largest absolute Gasteiger partial charge is 0.337 e. The maximum Gasteiger partial charge on any atom is 0.269 e. The van der Waals surface area contributed by atoms with Crippen molar-refractivity contribution in [1.29, 1.82) is 0 Å². The van der Waals surface area contributed by atoms with Gasteiger partial charge in [-0.3, -0.25) is 14.5 Å². The molecule has 0 aromatic heterocycles. The Morgan fingerprint density at radius 1 is 0.971 bits per heavy atom. The molecule has 34 heavy (non-hydrogen) atoms. The van der Waals surface area contributed by atoms with E-state index in [1.54, 1.807) is 22.7 Å². The molecule has 2 aliphatic rings. The first-order valence-corrected chi connectivity index (χ1v) is 12.4. The molecule has 0 atom stereocenters. The van der Waals surface area contributed by atoms with Crippen LogP contribution in [0, 0.1) is 0 Å². The summed E-state index contributed by atoms with van der Waals surface area (Å²) in [5, 5.41) is 4.31.